The minimum Gasteiger partial charge on any atom is -0.455 e. The Kier molecular flexibility index (Phi) is 6.62. The average Bonchev–Trinajstić information content (AvgIpc) is 3.94. The third-order valence-electron chi connectivity index (χ3n) is 9.79. The van der Waals surface area contributed by atoms with Gasteiger partial charge in [-0.1, -0.05) is 103 Å². The molecular formula is C46H26N4O2S. The first-order valence-electron chi connectivity index (χ1n) is 17.4. The number of nitrogens with zero attached hydrogens (tertiary/aromatic N) is 4. The first-order valence-corrected chi connectivity index (χ1v) is 18.2. The number of fused-ring (bicyclic) bond motifs is 7. The Morgan fingerprint density at radius 3 is 1.94 bits per heavy atom. The minimum absolute atomic E-state index is 0.567. The van der Waals surface area contributed by atoms with Gasteiger partial charge in [0.2, 0.25) is 5.89 Å². The third kappa shape index (κ3) is 4.93. The second kappa shape index (κ2) is 11.8. The van der Waals surface area contributed by atoms with E-state index in [0.29, 0.717) is 23.4 Å². The molecule has 53 heavy (non-hydrogen) atoms. The summed E-state index contributed by atoms with van der Waals surface area (Å²) in [6.07, 6.45) is 0. The molecule has 0 amide bonds. The summed E-state index contributed by atoms with van der Waals surface area (Å²) in [6, 6.07) is 53.6. The zero-order valence-electron chi connectivity index (χ0n) is 28.0. The quantitative estimate of drug-likeness (QED) is 0.178. The van der Waals surface area contributed by atoms with Crippen LogP contribution in [-0.2, 0) is 0 Å². The first-order chi connectivity index (χ1) is 26.2. The third-order valence-corrected chi connectivity index (χ3v) is 11.0. The molecule has 11 aromatic rings. The lowest BCUT2D eigenvalue weighted by Crippen LogP contribution is -2.00. The van der Waals surface area contributed by atoms with Crippen LogP contribution < -0.4 is 0 Å². The zero-order valence-corrected chi connectivity index (χ0v) is 28.8. The van der Waals surface area contributed by atoms with E-state index in [1.165, 1.54) is 10.1 Å². The number of hydrogen-bond acceptors (Lipinski definition) is 7. The molecule has 0 saturated carbocycles. The van der Waals surface area contributed by atoms with Crippen LogP contribution in [0.1, 0.15) is 0 Å². The van der Waals surface area contributed by atoms with Gasteiger partial charge in [0.05, 0.1) is 5.56 Å². The number of oxazole rings is 1. The van der Waals surface area contributed by atoms with Crippen molar-refractivity contribution in [3.63, 3.8) is 0 Å². The van der Waals surface area contributed by atoms with Crippen molar-refractivity contribution in [3.8, 4) is 56.7 Å². The lowest BCUT2D eigenvalue weighted by Gasteiger charge is -2.09. The molecule has 7 heteroatoms. The van der Waals surface area contributed by atoms with Crippen LogP contribution in [0.15, 0.2) is 167 Å². The maximum Gasteiger partial charge on any atom is 0.227 e. The van der Waals surface area contributed by atoms with Crippen LogP contribution in [0.3, 0.4) is 0 Å². The molecule has 0 N–H and O–H groups in total. The van der Waals surface area contributed by atoms with E-state index < -0.39 is 0 Å². The number of para-hydroxylation sites is 4. The fraction of sp³-hybridized carbons (Fsp3) is 0. The van der Waals surface area contributed by atoms with Gasteiger partial charge in [0, 0.05) is 47.6 Å². The molecule has 0 saturated heterocycles. The van der Waals surface area contributed by atoms with Crippen molar-refractivity contribution in [2.75, 3.05) is 0 Å². The summed E-state index contributed by atoms with van der Waals surface area (Å²) >= 11 is 1.75. The largest absolute Gasteiger partial charge is 0.455 e. The Hall–Kier alpha value is -6.96. The highest BCUT2D eigenvalue weighted by atomic mass is 32.1. The van der Waals surface area contributed by atoms with Crippen LogP contribution in [0.4, 0.5) is 0 Å². The summed E-state index contributed by atoms with van der Waals surface area (Å²) in [5, 5.41) is 4.43. The van der Waals surface area contributed by atoms with Crippen LogP contribution in [0.25, 0.3) is 110 Å². The van der Waals surface area contributed by atoms with Gasteiger partial charge < -0.3 is 8.83 Å². The van der Waals surface area contributed by atoms with E-state index in [-0.39, 0.29) is 0 Å². The second-order valence-electron chi connectivity index (χ2n) is 13.0. The normalized spacial score (nSPS) is 11.8. The molecule has 0 fully saturated rings. The first kappa shape index (κ1) is 29.7. The van der Waals surface area contributed by atoms with Crippen LogP contribution in [0.5, 0.6) is 0 Å². The molecule has 0 aliphatic heterocycles. The molecular weight excluding hydrogens is 673 g/mol. The maximum absolute atomic E-state index is 6.43. The number of rotatable bonds is 5. The van der Waals surface area contributed by atoms with Gasteiger partial charge in [-0.25, -0.2) is 19.9 Å². The van der Waals surface area contributed by atoms with Crippen molar-refractivity contribution in [3.05, 3.63) is 158 Å². The molecule has 7 aromatic carbocycles. The van der Waals surface area contributed by atoms with Crippen LogP contribution >= 0.6 is 11.3 Å². The summed E-state index contributed by atoms with van der Waals surface area (Å²) in [5.74, 6) is 2.41. The van der Waals surface area contributed by atoms with Gasteiger partial charge in [-0.3, -0.25) is 0 Å². The summed E-state index contributed by atoms with van der Waals surface area (Å²) in [6.45, 7) is 0. The molecule has 0 unspecified atom stereocenters. The monoisotopic (exact) mass is 698 g/mol. The Bertz CT molecular complexity index is 3160. The molecule has 4 aromatic heterocycles. The van der Waals surface area contributed by atoms with E-state index in [4.69, 9.17) is 28.8 Å². The lowest BCUT2D eigenvalue weighted by atomic mass is 10.0. The second-order valence-corrected chi connectivity index (χ2v) is 14.1. The molecule has 6 nitrogen and oxygen atoms in total. The predicted octanol–water partition coefficient (Wildman–Crippen LogP) is 12.6. The Balaban J connectivity index is 1.06. The number of aromatic nitrogens is 4. The SMILES string of the molecule is c1ccc(-c2nc(-c3cccc4c3oc3ccccc34)nc(-c3cccc4c3sc3ccc(-c5cccc(-c6nc7ccccc7o6)c5)cc34)n2)cc1. The molecule has 248 valence electrons. The molecule has 0 atom stereocenters. The standard InChI is InChI=1S/C46H26N4O2S/c1-2-11-27(12-3-1)43-48-44(34-18-9-16-32-31-15-4-6-21-38(31)51-41(32)34)50-45(49-43)35-19-10-17-33-36-26-29(23-24-40(36)53-42(33)35)28-13-8-14-30(25-28)46-47-37-20-5-7-22-39(37)52-46/h1-26H. The predicted molar refractivity (Wildman–Crippen MR) is 215 cm³/mol. The van der Waals surface area contributed by atoms with Gasteiger partial charge in [0.1, 0.15) is 16.7 Å². The highest BCUT2D eigenvalue weighted by Gasteiger charge is 2.20. The highest BCUT2D eigenvalue weighted by molar-refractivity contribution is 7.26. The Labute approximate surface area is 306 Å². The van der Waals surface area contributed by atoms with Gasteiger partial charge in [-0.2, -0.15) is 0 Å². The van der Waals surface area contributed by atoms with Gasteiger partial charge in [0.25, 0.3) is 0 Å². The van der Waals surface area contributed by atoms with E-state index in [1.54, 1.807) is 11.3 Å². The fourth-order valence-corrected chi connectivity index (χ4v) is 8.43. The summed E-state index contributed by atoms with van der Waals surface area (Å²) < 4.78 is 14.8. The van der Waals surface area contributed by atoms with E-state index in [1.807, 2.05) is 91.0 Å². The van der Waals surface area contributed by atoms with Gasteiger partial charge in [-0.15, -0.1) is 11.3 Å². The van der Waals surface area contributed by atoms with Crippen LogP contribution in [-0.4, -0.2) is 19.9 Å². The molecule has 0 bridgehead atoms. The van der Waals surface area contributed by atoms with Gasteiger partial charge in [0.15, 0.2) is 23.1 Å². The minimum atomic E-state index is 0.567. The molecule has 0 radical (unpaired) electrons. The van der Waals surface area contributed by atoms with Crippen molar-refractivity contribution in [2.24, 2.45) is 0 Å². The number of thiophene rings is 1. The maximum atomic E-state index is 6.43. The molecule has 0 spiro atoms. The van der Waals surface area contributed by atoms with E-state index in [9.17, 15) is 0 Å². The number of benzene rings is 7. The summed E-state index contributed by atoms with van der Waals surface area (Å²) in [5.41, 5.74) is 9.08. The Morgan fingerprint density at radius 2 is 1.06 bits per heavy atom. The van der Waals surface area contributed by atoms with E-state index in [0.717, 1.165) is 76.5 Å². The molecule has 4 heterocycles. The van der Waals surface area contributed by atoms with Gasteiger partial charge >= 0.3 is 0 Å². The van der Waals surface area contributed by atoms with Crippen LogP contribution in [0.2, 0.25) is 0 Å². The van der Waals surface area contributed by atoms with Crippen molar-refractivity contribution in [2.45, 2.75) is 0 Å². The number of hydrogen-bond donors (Lipinski definition) is 0. The smallest absolute Gasteiger partial charge is 0.227 e. The topological polar surface area (TPSA) is 77.8 Å². The molecule has 0 aliphatic carbocycles. The van der Waals surface area contributed by atoms with E-state index in [2.05, 4.69) is 66.7 Å². The van der Waals surface area contributed by atoms with Gasteiger partial charge in [-0.05, 0) is 65.7 Å². The summed E-state index contributed by atoms with van der Waals surface area (Å²) in [7, 11) is 0. The molecule has 0 aliphatic rings. The zero-order chi connectivity index (χ0) is 34.9. The highest BCUT2D eigenvalue weighted by Crippen LogP contribution is 2.42. The van der Waals surface area contributed by atoms with Crippen molar-refractivity contribution in [1.29, 1.82) is 0 Å². The van der Waals surface area contributed by atoms with E-state index >= 15 is 0 Å². The van der Waals surface area contributed by atoms with Crippen molar-refractivity contribution in [1.82, 2.24) is 19.9 Å². The number of furan rings is 1. The average molecular weight is 699 g/mol. The Morgan fingerprint density at radius 1 is 0.396 bits per heavy atom. The van der Waals surface area contributed by atoms with Crippen LogP contribution in [0, 0.1) is 0 Å². The van der Waals surface area contributed by atoms with Crippen molar-refractivity contribution < 1.29 is 8.83 Å². The lowest BCUT2D eigenvalue weighted by molar-refractivity contribution is 0.620. The molecule has 11 rings (SSSR count). The van der Waals surface area contributed by atoms with Crippen molar-refractivity contribution >= 4 is 64.5 Å². The fourth-order valence-electron chi connectivity index (χ4n) is 7.24. The summed E-state index contributed by atoms with van der Waals surface area (Å²) in [4.78, 5) is 20.0.